The van der Waals surface area contributed by atoms with E-state index < -0.39 is 5.97 Å². The second-order valence-corrected chi connectivity index (χ2v) is 3.20. The van der Waals surface area contributed by atoms with Crippen LogP contribution in [0.5, 0.6) is 5.75 Å². The molecular formula is C10H11ClO3. The summed E-state index contributed by atoms with van der Waals surface area (Å²) in [6, 6.07) is 3.25. The molecule has 1 rings (SSSR count). The number of aryl methyl sites for hydroxylation is 1. The summed E-state index contributed by atoms with van der Waals surface area (Å²) in [4.78, 5) is 11.3. The van der Waals surface area contributed by atoms with Gasteiger partial charge in [-0.05, 0) is 24.6 Å². The number of carbonyl (C=O) groups is 1. The molecule has 0 aromatic heterocycles. The SMILES string of the molecule is COC(=O)c1cc(C)c(Cl)cc1OC. The minimum Gasteiger partial charge on any atom is -0.496 e. The summed E-state index contributed by atoms with van der Waals surface area (Å²) in [5.74, 6) is -0.00549. The monoisotopic (exact) mass is 214 g/mol. The lowest BCUT2D eigenvalue weighted by atomic mass is 10.1. The van der Waals surface area contributed by atoms with Crippen LogP contribution in [-0.2, 0) is 4.74 Å². The Kier molecular flexibility index (Phi) is 3.36. The molecule has 4 heteroatoms. The highest BCUT2D eigenvalue weighted by Gasteiger charge is 2.14. The number of ether oxygens (including phenoxy) is 2. The van der Waals surface area contributed by atoms with Crippen LogP contribution in [0.4, 0.5) is 0 Å². The van der Waals surface area contributed by atoms with E-state index in [-0.39, 0.29) is 0 Å². The lowest BCUT2D eigenvalue weighted by molar-refractivity contribution is 0.0597. The summed E-state index contributed by atoms with van der Waals surface area (Å²) in [7, 11) is 2.80. The van der Waals surface area contributed by atoms with Gasteiger partial charge >= 0.3 is 5.97 Å². The van der Waals surface area contributed by atoms with Crippen LogP contribution < -0.4 is 4.74 Å². The van der Waals surface area contributed by atoms with Crippen LogP contribution in [0.15, 0.2) is 12.1 Å². The third kappa shape index (κ3) is 1.99. The first-order chi connectivity index (χ1) is 6.60. The van der Waals surface area contributed by atoms with E-state index in [1.807, 2.05) is 6.92 Å². The highest BCUT2D eigenvalue weighted by Crippen LogP contribution is 2.27. The Morgan fingerprint density at radius 1 is 1.36 bits per heavy atom. The van der Waals surface area contributed by atoms with Gasteiger partial charge in [0.05, 0.1) is 14.2 Å². The first kappa shape index (κ1) is 10.9. The molecule has 0 unspecified atom stereocenters. The highest BCUT2D eigenvalue weighted by atomic mass is 35.5. The number of hydrogen-bond donors (Lipinski definition) is 0. The zero-order valence-electron chi connectivity index (χ0n) is 8.26. The molecular weight excluding hydrogens is 204 g/mol. The Hall–Kier alpha value is -1.22. The molecule has 0 aliphatic carbocycles. The number of esters is 1. The van der Waals surface area contributed by atoms with Gasteiger partial charge in [0.1, 0.15) is 11.3 Å². The fraction of sp³-hybridized carbons (Fsp3) is 0.300. The van der Waals surface area contributed by atoms with Crippen LogP contribution in [0.1, 0.15) is 15.9 Å². The highest BCUT2D eigenvalue weighted by molar-refractivity contribution is 6.31. The van der Waals surface area contributed by atoms with Crippen molar-refractivity contribution in [2.45, 2.75) is 6.92 Å². The van der Waals surface area contributed by atoms with Gasteiger partial charge in [-0.1, -0.05) is 11.6 Å². The fourth-order valence-electron chi connectivity index (χ4n) is 1.10. The van der Waals surface area contributed by atoms with E-state index in [2.05, 4.69) is 4.74 Å². The number of halogens is 1. The van der Waals surface area contributed by atoms with Crippen molar-refractivity contribution >= 4 is 17.6 Å². The van der Waals surface area contributed by atoms with Gasteiger partial charge in [-0.3, -0.25) is 0 Å². The molecule has 0 saturated carbocycles. The van der Waals surface area contributed by atoms with E-state index in [4.69, 9.17) is 16.3 Å². The number of carbonyl (C=O) groups excluding carboxylic acids is 1. The van der Waals surface area contributed by atoms with E-state index >= 15 is 0 Å². The molecule has 0 saturated heterocycles. The molecule has 1 aromatic carbocycles. The van der Waals surface area contributed by atoms with E-state index in [0.29, 0.717) is 16.3 Å². The number of hydrogen-bond acceptors (Lipinski definition) is 3. The molecule has 1 aromatic rings. The van der Waals surface area contributed by atoms with Crippen molar-refractivity contribution in [2.24, 2.45) is 0 Å². The first-order valence-corrected chi connectivity index (χ1v) is 4.40. The molecule has 3 nitrogen and oxygen atoms in total. The maximum atomic E-state index is 11.3. The van der Waals surface area contributed by atoms with Crippen LogP contribution in [0, 0.1) is 6.92 Å². The number of rotatable bonds is 2. The average molecular weight is 215 g/mol. The van der Waals surface area contributed by atoms with Crippen molar-refractivity contribution in [1.29, 1.82) is 0 Å². The number of benzene rings is 1. The Labute approximate surface area is 87.6 Å². The van der Waals surface area contributed by atoms with Crippen LogP contribution >= 0.6 is 11.6 Å². The van der Waals surface area contributed by atoms with Crippen LogP contribution in [0.2, 0.25) is 5.02 Å². The molecule has 76 valence electrons. The second kappa shape index (κ2) is 4.33. The molecule has 0 spiro atoms. The molecule has 0 amide bonds. The fourth-order valence-corrected chi connectivity index (χ4v) is 1.26. The quantitative estimate of drug-likeness (QED) is 0.710. The molecule has 0 aliphatic rings. The Bertz CT molecular complexity index is 361. The molecule has 0 N–H and O–H groups in total. The van der Waals surface area contributed by atoms with Crippen molar-refractivity contribution in [3.05, 3.63) is 28.3 Å². The van der Waals surface area contributed by atoms with Gasteiger partial charge in [0, 0.05) is 5.02 Å². The van der Waals surface area contributed by atoms with E-state index in [0.717, 1.165) is 5.56 Å². The van der Waals surface area contributed by atoms with Crippen molar-refractivity contribution in [2.75, 3.05) is 14.2 Å². The molecule has 0 fully saturated rings. The zero-order chi connectivity index (χ0) is 10.7. The normalized spacial score (nSPS) is 9.71. The maximum absolute atomic E-state index is 11.3. The Balaban J connectivity index is 3.27. The molecule has 0 radical (unpaired) electrons. The molecule has 0 aliphatic heterocycles. The standard InChI is InChI=1S/C10H11ClO3/c1-6-4-7(10(12)14-3)9(13-2)5-8(6)11/h4-5H,1-3H3. The maximum Gasteiger partial charge on any atom is 0.341 e. The van der Waals surface area contributed by atoms with Crippen molar-refractivity contribution in [3.8, 4) is 5.75 Å². The van der Waals surface area contributed by atoms with Crippen LogP contribution in [-0.4, -0.2) is 20.2 Å². The van der Waals surface area contributed by atoms with Gasteiger partial charge in [0.2, 0.25) is 0 Å². The van der Waals surface area contributed by atoms with Crippen molar-refractivity contribution in [1.82, 2.24) is 0 Å². The van der Waals surface area contributed by atoms with Gasteiger partial charge in [-0.25, -0.2) is 4.79 Å². The lowest BCUT2D eigenvalue weighted by Gasteiger charge is -2.08. The summed E-state index contributed by atoms with van der Waals surface area (Å²) in [6.45, 7) is 1.81. The summed E-state index contributed by atoms with van der Waals surface area (Å²) >= 11 is 5.88. The predicted octanol–water partition coefficient (Wildman–Crippen LogP) is 2.44. The summed E-state index contributed by atoms with van der Waals surface area (Å²) in [5, 5.41) is 0.564. The smallest absolute Gasteiger partial charge is 0.341 e. The van der Waals surface area contributed by atoms with E-state index in [1.54, 1.807) is 12.1 Å². The minimum atomic E-state index is -0.429. The largest absolute Gasteiger partial charge is 0.496 e. The van der Waals surface area contributed by atoms with E-state index in [1.165, 1.54) is 14.2 Å². The van der Waals surface area contributed by atoms with Gasteiger partial charge in [-0.15, -0.1) is 0 Å². The zero-order valence-corrected chi connectivity index (χ0v) is 9.01. The minimum absolute atomic E-state index is 0.386. The summed E-state index contributed by atoms with van der Waals surface area (Å²) < 4.78 is 9.63. The summed E-state index contributed by atoms with van der Waals surface area (Å²) in [5.41, 5.74) is 1.20. The molecule has 14 heavy (non-hydrogen) atoms. The third-order valence-electron chi connectivity index (χ3n) is 1.89. The van der Waals surface area contributed by atoms with E-state index in [9.17, 15) is 4.79 Å². The van der Waals surface area contributed by atoms with Gasteiger partial charge in [0.15, 0.2) is 0 Å². The van der Waals surface area contributed by atoms with Crippen molar-refractivity contribution in [3.63, 3.8) is 0 Å². The Morgan fingerprint density at radius 2 is 2.00 bits per heavy atom. The molecule has 0 atom stereocenters. The number of methoxy groups -OCH3 is 2. The van der Waals surface area contributed by atoms with Gasteiger partial charge in [-0.2, -0.15) is 0 Å². The average Bonchev–Trinajstić information content (AvgIpc) is 2.20. The molecule has 0 bridgehead atoms. The van der Waals surface area contributed by atoms with Gasteiger partial charge < -0.3 is 9.47 Å². The lowest BCUT2D eigenvalue weighted by Crippen LogP contribution is -2.04. The Morgan fingerprint density at radius 3 is 2.50 bits per heavy atom. The van der Waals surface area contributed by atoms with Crippen LogP contribution in [0.25, 0.3) is 0 Å². The first-order valence-electron chi connectivity index (χ1n) is 4.02. The second-order valence-electron chi connectivity index (χ2n) is 2.79. The summed E-state index contributed by atoms with van der Waals surface area (Å²) in [6.07, 6.45) is 0. The topological polar surface area (TPSA) is 35.5 Å². The van der Waals surface area contributed by atoms with Crippen molar-refractivity contribution < 1.29 is 14.3 Å². The van der Waals surface area contributed by atoms with Crippen LogP contribution in [0.3, 0.4) is 0 Å². The molecule has 0 heterocycles. The predicted molar refractivity (Wildman–Crippen MR) is 54.1 cm³/mol. The van der Waals surface area contributed by atoms with Gasteiger partial charge in [0.25, 0.3) is 0 Å². The third-order valence-corrected chi connectivity index (χ3v) is 2.29.